The molecule has 4 heteroatoms. The molecule has 0 spiro atoms. The molecule has 0 aliphatic rings. The molecule has 0 saturated carbocycles. The molecule has 4 nitrogen and oxygen atoms in total. The number of hydrogen-bond donors (Lipinski definition) is 0. The van der Waals surface area contributed by atoms with Crippen LogP contribution in [0.25, 0.3) is 11.3 Å². The van der Waals surface area contributed by atoms with E-state index in [0.717, 1.165) is 17.4 Å². The van der Waals surface area contributed by atoms with Gasteiger partial charge >= 0.3 is 0 Å². The summed E-state index contributed by atoms with van der Waals surface area (Å²) >= 11 is 0. The van der Waals surface area contributed by atoms with Crippen molar-refractivity contribution in [1.29, 1.82) is 0 Å². The van der Waals surface area contributed by atoms with Crippen molar-refractivity contribution >= 4 is 6.29 Å². The first-order valence-corrected chi connectivity index (χ1v) is 7.02. The van der Waals surface area contributed by atoms with Gasteiger partial charge in [0.25, 0.3) is 0 Å². The fourth-order valence-electron chi connectivity index (χ4n) is 2.42. The fraction of sp³-hybridized carbons (Fsp3) is 0.111. The molecule has 0 fully saturated rings. The van der Waals surface area contributed by atoms with Crippen LogP contribution in [0.3, 0.4) is 0 Å². The van der Waals surface area contributed by atoms with Crippen LogP contribution < -0.4 is 4.74 Å². The van der Waals surface area contributed by atoms with Crippen LogP contribution in [-0.2, 0) is 6.54 Å². The number of methoxy groups -OCH3 is 1. The summed E-state index contributed by atoms with van der Waals surface area (Å²) in [5.74, 6) is 0.704. The largest absolute Gasteiger partial charge is 0.496 e. The minimum Gasteiger partial charge on any atom is -0.496 e. The standard InChI is InChI=1S/C18H16N2O2/c1-22-17-10-6-5-9-16(17)18-15(13-21)12-20(19-18)11-14-7-3-2-4-8-14/h2-10,12-13H,11H2,1H3. The number of hydrogen-bond acceptors (Lipinski definition) is 3. The Kier molecular flexibility index (Phi) is 4.01. The van der Waals surface area contributed by atoms with Crippen LogP contribution in [0.4, 0.5) is 0 Å². The molecule has 110 valence electrons. The number of carbonyl (C=O) groups is 1. The van der Waals surface area contributed by atoms with E-state index in [9.17, 15) is 4.79 Å². The Bertz CT molecular complexity index is 779. The predicted octanol–water partition coefficient (Wildman–Crippen LogP) is 3.42. The maximum atomic E-state index is 11.4. The van der Waals surface area contributed by atoms with Crippen LogP contribution in [0.2, 0.25) is 0 Å². The minimum atomic E-state index is 0.556. The van der Waals surface area contributed by atoms with Gasteiger partial charge in [-0.05, 0) is 17.7 Å². The summed E-state index contributed by atoms with van der Waals surface area (Å²) in [6.45, 7) is 0.622. The summed E-state index contributed by atoms with van der Waals surface area (Å²) in [5, 5.41) is 4.56. The third-order valence-corrected chi connectivity index (χ3v) is 3.47. The van der Waals surface area contributed by atoms with Crippen LogP contribution in [0, 0.1) is 0 Å². The summed E-state index contributed by atoms with van der Waals surface area (Å²) < 4.78 is 7.14. The van der Waals surface area contributed by atoms with Gasteiger partial charge in [0.15, 0.2) is 6.29 Å². The third-order valence-electron chi connectivity index (χ3n) is 3.47. The highest BCUT2D eigenvalue weighted by atomic mass is 16.5. The predicted molar refractivity (Wildman–Crippen MR) is 85.1 cm³/mol. The number of carbonyl (C=O) groups excluding carboxylic acids is 1. The second-order valence-corrected chi connectivity index (χ2v) is 4.93. The van der Waals surface area contributed by atoms with Crippen molar-refractivity contribution in [1.82, 2.24) is 9.78 Å². The van der Waals surface area contributed by atoms with Gasteiger partial charge in [0.1, 0.15) is 11.4 Å². The highest BCUT2D eigenvalue weighted by Gasteiger charge is 2.14. The number of aromatic nitrogens is 2. The number of para-hydroxylation sites is 1. The van der Waals surface area contributed by atoms with Crippen molar-refractivity contribution in [3.8, 4) is 17.0 Å². The van der Waals surface area contributed by atoms with Gasteiger partial charge in [-0.3, -0.25) is 9.48 Å². The molecule has 3 aromatic rings. The SMILES string of the molecule is COc1ccccc1-c1nn(Cc2ccccc2)cc1C=O. The lowest BCUT2D eigenvalue weighted by atomic mass is 10.1. The number of nitrogens with zero attached hydrogens (tertiary/aromatic N) is 2. The molecule has 0 radical (unpaired) electrons. The lowest BCUT2D eigenvalue weighted by Gasteiger charge is -2.06. The van der Waals surface area contributed by atoms with Crippen LogP contribution >= 0.6 is 0 Å². The molecule has 0 unspecified atom stereocenters. The van der Waals surface area contributed by atoms with E-state index in [1.165, 1.54) is 0 Å². The Morgan fingerprint density at radius 1 is 1.09 bits per heavy atom. The molecule has 1 aromatic heterocycles. The average Bonchev–Trinajstić information content (AvgIpc) is 2.98. The van der Waals surface area contributed by atoms with Gasteiger partial charge in [0.2, 0.25) is 0 Å². The van der Waals surface area contributed by atoms with Crippen molar-refractivity contribution in [3.05, 3.63) is 71.9 Å². The second-order valence-electron chi connectivity index (χ2n) is 4.93. The van der Waals surface area contributed by atoms with Gasteiger partial charge in [0.05, 0.1) is 19.2 Å². The first-order chi connectivity index (χ1) is 10.8. The maximum absolute atomic E-state index is 11.4. The van der Waals surface area contributed by atoms with Crippen molar-refractivity contribution in [3.63, 3.8) is 0 Å². The van der Waals surface area contributed by atoms with Crippen LogP contribution in [-0.4, -0.2) is 23.2 Å². The van der Waals surface area contributed by atoms with Gasteiger partial charge in [-0.1, -0.05) is 42.5 Å². The molecular weight excluding hydrogens is 276 g/mol. The number of aldehydes is 1. The molecule has 0 aliphatic heterocycles. The molecule has 0 atom stereocenters. The number of rotatable bonds is 5. The zero-order valence-electron chi connectivity index (χ0n) is 12.3. The minimum absolute atomic E-state index is 0.556. The Labute approximate surface area is 129 Å². The van der Waals surface area contributed by atoms with Crippen LogP contribution in [0.5, 0.6) is 5.75 Å². The molecule has 0 bridgehead atoms. The average molecular weight is 292 g/mol. The Morgan fingerprint density at radius 2 is 1.82 bits per heavy atom. The Morgan fingerprint density at radius 3 is 2.55 bits per heavy atom. The number of ether oxygens (including phenoxy) is 1. The molecule has 0 aliphatic carbocycles. The second kappa shape index (κ2) is 6.26. The molecule has 0 amide bonds. The summed E-state index contributed by atoms with van der Waals surface area (Å²) in [6, 6.07) is 17.6. The maximum Gasteiger partial charge on any atom is 0.153 e. The van der Waals surface area contributed by atoms with Gasteiger partial charge in [-0.15, -0.1) is 0 Å². The Hall–Kier alpha value is -2.88. The lowest BCUT2D eigenvalue weighted by molar-refractivity contribution is 0.112. The normalized spacial score (nSPS) is 10.4. The van der Waals surface area contributed by atoms with E-state index in [1.807, 2.05) is 54.6 Å². The molecule has 1 heterocycles. The highest BCUT2D eigenvalue weighted by Crippen LogP contribution is 2.30. The molecule has 3 rings (SSSR count). The van der Waals surface area contributed by atoms with E-state index in [2.05, 4.69) is 5.10 Å². The lowest BCUT2D eigenvalue weighted by Crippen LogP contribution is -2.00. The van der Waals surface area contributed by atoms with E-state index >= 15 is 0 Å². The van der Waals surface area contributed by atoms with Crippen LogP contribution in [0.1, 0.15) is 15.9 Å². The van der Waals surface area contributed by atoms with Crippen molar-refractivity contribution in [2.24, 2.45) is 0 Å². The number of benzene rings is 2. The van der Waals surface area contributed by atoms with E-state index in [0.29, 0.717) is 23.6 Å². The Balaban J connectivity index is 2.00. The first kappa shape index (κ1) is 14.1. The van der Waals surface area contributed by atoms with E-state index in [-0.39, 0.29) is 0 Å². The summed E-state index contributed by atoms with van der Waals surface area (Å²) in [6.07, 6.45) is 2.60. The molecule has 0 N–H and O–H groups in total. The zero-order valence-corrected chi connectivity index (χ0v) is 12.3. The quantitative estimate of drug-likeness (QED) is 0.677. The van der Waals surface area contributed by atoms with Crippen molar-refractivity contribution in [2.45, 2.75) is 6.54 Å². The highest BCUT2D eigenvalue weighted by molar-refractivity contribution is 5.87. The van der Waals surface area contributed by atoms with Crippen molar-refractivity contribution < 1.29 is 9.53 Å². The first-order valence-electron chi connectivity index (χ1n) is 7.02. The molecule has 0 saturated heterocycles. The smallest absolute Gasteiger partial charge is 0.153 e. The van der Waals surface area contributed by atoms with E-state index in [1.54, 1.807) is 18.0 Å². The van der Waals surface area contributed by atoms with Gasteiger partial charge in [-0.25, -0.2) is 0 Å². The van der Waals surface area contributed by atoms with E-state index < -0.39 is 0 Å². The van der Waals surface area contributed by atoms with Crippen LogP contribution in [0.15, 0.2) is 60.8 Å². The molecule has 22 heavy (non-hydrogen) atoms. The van der Waals surface area contributed by atoms with Gasteiger partial charge in [0, 0.05) is 11.8 Å². The zero-order chi connectivity index (χ0) is 15.4. The molecular formula is C18H16N2O2. The van der Waals surface area contributed by atoms with E-state index in [4.69, 9.17) is 4.74 Å². The summed E-state index contributed by atoms with van der Waals surface area (Å²) in [5.41, 5.74) is 3.15. The van der Waals surface area contributed by atoms with Gasteiger partial charge < -0.3 is 4.74 Å². The van der Waals surface area contributed by atoms with Gasteiger partial charge in [-0.2, -0.15) is 5.10 Å². The monoisotopic (exact) mass is 292 g/mol. The van der Waals surface area contributed by atoms with Crippen molar-refractivity contribution in [2.75, 3.05) is 7.11 Å². The topological polar surface area (TPSA) is 44.1 Å². The third kappa shape index (κ3) is 2.76. The summed E-state index contributed by atoms with van der Waals surface area (Å²) in [4.78, 5) is 11.4. The summed E-state index contributed by atoms with van der Waals surface area (Å²) in [7, 11) is 1.61. The molecule has 2 aromatic carbocycles. The fourth-order valence-corrected chi connectivity index (χ4v) is 2.42.